The molecule has 0 aromatic rings. The molecule has 0 saturated heterocycles. The molecule has 1 unspecified atom stereocenters. The van der Waals surface area contributed by atoms with E-state index in [4.69, 9.17) is 0 Å². The largest absolute Gasteiger partial charge is 0.299 e. The van der Waals surface area contributed by atoms with Crippen molar-refractivity contribution in [3.63, 3.8) is 0 Å². The lowest BCUT2D eigenvalue weighted by atomic mass is 9.98. The minimum atomic E-state index is 0.202. The maximum atomic E-state index is 12.1. The van der Waals surface area contributed by atoms with E-state index < -0.39 is 0 Å². The van der Waals surface area contributed by atoms with E-state index >= 15 is 0 Å². The average Bonchev–Trinajstić information content (AvgIpc) is 2.65. The fourth-order valence-corrected chi connectivity index (χ4v) is 2.00. The van der Waals surface area contributed by atoms with Gasteiger partial charge in [0.2, 0.25) is 5.91 Å². The Kier molecular flexibility index (Phi) is 4.79. The topological polar surface area (TPSA) is 32.7 Å². The summed E-state index contributed by atoms with van der Waals surface area (Å²) >= 11 is 0. The fourth-order valence-electron chi connectivity index (χ4n) is 2.00. The van der Waals surface area contributed by atoms with E-state index in [0.717, 1.165) is 44.6 Å². The van der Waals surface area contributed by atoms with Crippen LogP contribution in [0.15, 0.2) is 4.99 Å². The lowest BCUT2D eigenvalue weighted by molar-refractivity contribution is -0.131. The van der Waals surface area contributed by atoms with Gasteiger partial charge in [-0.05, 0) is 19.8 Å². The Labute approximate surface area is 92.6 Å². The molecule has 1 atom stereocenters. The number of aliphatic imine (C=N–C) groups is 1. The van der Waals surface area contributed by atoms with Crippen molar-refractivity contribution in [1.82, 2.24) is 4.90 Å². The van der Waals surface area contributed by atoms with Crippen molar-refractivity contribution in [2.45, 2.75) is 46.5 Å². The highest BCUT2D eigenvalue weighted by Gasteiger charge is 2.26. The standard InChI is InChI=1S/C12H22N2O/c1-4-6-7-11(5-2)12(15)14-9-8-13-10(14)3/h11H,4-9H2,1-3H3. The molecule has 0 bridgehead atoms. The minimum absolute atomic E-state index is 0.202. The lowest BCUT2D eigenvalue weighted by Gasteiger charge is -2.22. The lowest BCUT2D eigenvalue weighted by Crippen LogP contribution is -2.37. The van der Waals surface area contributed by atoms with Gasteiger partial charge in [0, 0.05) is 12.5 Å². The molecule has 0 fully saturated rings. The monoisotopic (exact) mass is 210 g/mol. The molecule has 3 heteroatoms. The van der Waals surface area contributed by atoms with Crippen molar-refractivity contribution < 1.29 is 4.79 Å². The summed E-state index contributed by atoms with van der Waals surface area (Å²) in [6.45, 7) is 7.76. The smallest absolute Gasteiger partial charge is 0.231 e. The van der Waals surface area contributed by atoms with Gasteiger partial charge < -0.3 is 0 Å². The SMILES string of the molecule is CCCCC(CC)C(=O)N1CCN=C1C. The average molecular weight is 210 g/mol. The summed E-state index contributed by atoms with van der Waals surface area (Å²) in [5.41, 5.74) is 0. The molecule has 1 heterocycles. The predicted molar refractivity (Wildman–Crippen MR) is 63.0 cm³/mol. The molecule has 1 aliphatic rings. The third kappa shape index (κ3) is 3.05. The Morgan fingerprint density at radius 2 is 2.27 bits per heavy atom. The third-order valence-corrected chi connectivity index (χ3v) is 3.07. The van der Waals surface area contributed by atoms with Crippen LogP contribution in [0.2, 0.25) is 0 Å². The Hall–Kier alpha value is -0.860. The van der Waals surface area contributed by atoms with Gasteiger partial charge in [-0.3, -0.25) is 14.7 Å². The zero-order chi connectivity index (χ0) is 11.3. The predicted octanol–water partition coefficient (Wildman–Crippen LogP) is 2.46. The summed E-state index contributed by atoms with van der Waals surface area (Å²) < 4.78 is 0. The number of unbranched alkanes of at least 4 members (excludes halogenated alkanes) is 1. The number of amides is 1. The van der Waals surface area contributed by atoms with Gasteiger partial charge in [0.15, 0.2) is 0 Å². The van der Waals surface area contributed by atoms with Gasteiger partial charge in [0.1, 0.15) is 5.84 Å². The van der Waals surface area contributed by atoms with E-state index in [0.29, 0.717) is 0 Å². The Balaban J connectivity index is 2.52. The van der Waals surface area contributed by atoms with Crippen LogP contribution in [0, 0.1) is 5.92 Å². The highest BCUT2D eigenvalue weighted by Crippen LogP contribution is 2.17. The van der Waals surface area contributed by atoms with Crippen LogP contribution < -0.4 is 0 Å². The van der Waals surface area contributed by atoms with E-state index in [-0.39, 0.29) is 11.8 Å². The van der Waals surface area contributed by atoms with Crippen LogP contribution in [0.1, 0.15) is 46.5 Å². The zero-order valence-electron chi connectivity index (χ0n) is 10.1. The molecule has 0 spiro atoms. The molecule has 0 saturated carbocycles. The molecule has 1 aliphatic heterocycles. The first-order valence-corrected chi connectivity index (χ1v) is 6.03. The molecule has 3 nitrogen and oxygen atoms in total. The molecule has 0 aromatic heterocycles. The summed E-state index contributed by atoms with van der Waals surface area (Å²) in [4.78, 5) is 18.2. The van der Waals surface area contributed by atoms with Crippen LogP contribution >= 0.6 is 0 Å². The first kappa shape index (κ1) is 12.2. The maximum absolute atomic E-state index is 12.1. The molecule has 1 rings (SSSR count). The van der Waals surface area contributed by atoms with E-state index in [9.17, 15) is 4.79 Å². The van der Waals surface area contributed by atoms with Crippen LogP contribution in [0.3, 0.4) is 0 Å². The molecular weight excluding hydrogens is 188 g/mol. The van der Waals surface area contributed by atoms with Gasteiger partial charge in [-0.25, -0.2) is 0 Å². The Morgan fingerprint density at radius 1 is 1.53 bits per heavy atom. The second-order valence-corrected chi connectivity index (χ2v) is 4.17. The van der Waals surface area contributed by atoms with Crippen LogP contribution in [0.4, 0.5) is 0 Å². The quantitative estimate of drug-likeness (QED) is 0.686. The first-order chi connectivity index (χ1) is 7.20. The summed E-state index contributed by atoms with van der Waals surface area (Å²) in [5.74, 6) is 1.38. The molecule has 0 N–H and O–H groups in total. The number of rotatable bonds is 5. The molecular formula is C12H22N2O. The number of carbonyl (C=O) groups excluding carboxylic acids is 1. The number of hydrogen-bond acceptors (Lipinski definition) is 2. The van der Waals surface area contributed by atoms with E-state index in [1.807, 2.05) is 11.8 Å². The Bertz CT molecular complexity index is 248. The van der Waals surface area contributed by atoms with Gasteiger partial charge in [-0.1, -0.05) is 26.7 Å². The van der Waals surface area contributed by atoms with Crippen LogP contribution in [0.25, 0.3) is 0 Å². The summed E-state index contributed by atoms with van der Waals surface area (Å²) in [7, 11) is 0. The molecule has 0 aliphatic carbocycles. The number of carbonyl (C=O) groups is 1. The van der Waals surface area contributed by atoms with Crippen molar-refractivity contribution in [2.24, 2.45) is 10.9 Å². The summed E-state index contributed by atoms with van der Waals surface area (Å²) in [5, 5.41) is 0. The van der Waals surface area contributed by atoms with Crippen molar-refractivity contribution in [2.75, 3.05) is 13.1 Å². The van der Waals surface area contributed by atoms with E-state index in [1.165, 1.54) is 0 Å². The maximum Gasteiger partial charge on any atom is 0.231 e. The molecule has 0 radical (unpaired) electrons. The highest BCUT2D eigenvalue weighted by atomic mass is 16.2. The van der Waals surface area contributed by atoms with Crippen molar-refractivity contribution >= 4 is 11.7 Å². The van der Waals surface area contributed by atoms with E-state index in [2.05, 4.69) is 18.8 Å². The fraction of sp³-hybridized carbons (Fsp3) is 0.833. The molecule has 0 aromatic carbocycles. The number of hydrogen-bond donors (Lipinski definition) is 0. The van der Waals surface area contributed by atoms with E-state index in [1.54, 1.807) is 0 Å². The number of nitrogens with zero attached hydrogens (tertiary/aromatic N) is 2. The molecule has 1 amide bonds. The highest BCUT2D eigenvalue weighted by molar-refractivity contribution is 5.99. The number of amidine groups is 1. The first-order valence-electron chi connectivity index (χ1n) is 6.03. The van der Waals surface area contributed by atoms with Gasteiger partial charge >= 0.3 is 0 Å². The van der Waals surface area contributed by atoms with Crippen molar-refractivity contribution in [3.05, 3.63) is 0 Å². The van der Waals surface area contributed by atoms with Crippen LogP contribution in [-0.4, -0.2) is 29.7 Å². The van der Waals surface area contributed by atoms with Gasteiger partial charge in [-0.15, -0.1) is 0 Å². The zero-order valence-corrected chi connectivity index (χ0v) is 10.1. The third-order valence-electron chi connectivity index (χ3n) is 3.07. The minimum Gasteiger partial charge on any atom is -0.299 e. The molecule has 15 heavy (non-hydrogen) atoms. The van der Waals surface area contributed by atoms with Gasteiger partial charge in [0.25, 0.3) is 0 Å². The van der Waals surface area contributed by atoms with Gasteiger partial charge in [0.05, 0.1) is 6.54 Å². The van der Waals surface area contributed by atoms with Crippen LogP contribution in [0.5, 0.6) is 0 Å². The van der Waals surface area contributed by atoms with Gasteiger partial charge in [-0.2, -0.15) is 0 Å². The van der Waals surface area contributed by atoms with Crippen molar-refractivity contribution in [1.29, 1.82) is 0 Å². The van der Waals surface area contributed by atoms with Crippen LogP contribution in [-0.2, 0) is 4.79 Å². The Morgan fingerprint density at radius 3 is 2.73 bits per heavy atom. The van der Waals surface area contributed by atoms with Crippen molar-refractivity contribution in [3.8, 4) is 0 Å². The summed E-state index contributed by atoms with van der Waals surface area (Å²) in [6.07, 6.45) is 4.28. The normalized spacial score (nSPS) is 17.8. The summed E-state index contributed by atoms with van der Waals surface area (Å²) in [6, 6.07) is 0. The second-order valence-electron chi connectivity index (χ2n) is 4.17. The second kappa shape index (κ2) is 5.89. The molecule has 86 valence electrons.